The number of benzene rings is 2. The predicted molar refractivity (Wildman–Crippen MR) is 104 cm³/mol. The number of nitrogens with one attached hydrogen (secondary N) is 3. The second-order valence-electron chi connectivity index (χ2n) is 6.43. The third-order valence-electron chi connectivity index (χ3n) is 4.22. The number of rotatable bonds is 6. The van der Waals surface area contributed by atoms with E-state index in [0.29, 0.717) is 30.2 Å². The van der Waals surface area contributed by atoms with Crippen molar-refractivity contribution in [2.24, 2.45) is 0 Å². The van der Waals surface area contributed by atoms with Gasteiger partial charge in [0.05, 0.1) is 18.1 Å². The van der Waals surface area contributed by atoms with E-state index in [4.69, 9.17) is 4.74 Å². The Kier molecular flexibility index (Phi) is 6.10. The number of morpholine rings is 1. The van der Waals surface area contributed by atoms with E-state index in [1.54, 1.807) is 43.3 Å². The lowest BCUT2D eigenvalue weighted by atomic mass is 10.2. The lowest BCUT2D eigenvalue weighted by molar-refractivity contribution is -0.117. The summed E-state index contributed by atoms with van der Waals surface area (Å²) in [6.07, 6.45) is 0.262. The van der Waals surface area contributed by atoms with Gasteiger partial charge in [0, 0.05) is 30.4 Å². The molecule has 1 unspecified atom stereocenters. The topological polar surface area (TPSA) is 96.5 Å². The summed E-state index contributed by atoms with van der Waals surface area (Å²) in [6, 6.07) is 13.5. The van der Waals surface area contributed by atoms with Gasteiger partial charge in [-0.2, -0.15) is 0 Å². The lowest BCUT2D eigenvalue weighted by Crippen LogP contribution is -2.43. The van der Waals surface area contributed by atoms with Gasteiger partial charge in [-0.25, -0.2) is 8.42 Å². The molecule has 1 atom stereocenters. The Morgan fingerprint density at radius 3 is 2.67 bits per heavy atom. The van der Waals surface area contributed by atoms with Crippen molar-refractivity contribution in [3.05, 3.63) is 54.1 Å². The van der Waals surface area contributed by atoms with E-state index in [9.17, 15) is 13.2 Å². The minimum absolute atomic E-state index is 0.0350. The van der Waals surface area contributed by atoms with Crippen LogP contribution >= 0.6 is 0 Å². The van der Waals surface area contributed by atoms with Crippen molar-refractivity contribution in [3.63, 3.8) is 0 Å². The Balaban J connectivity index is 1.72. The zero-order valence-corrected chi connectivity index (χ0v) is 15.9. The highest BCUT2D eigenvalue weighted by Gasteiger charge is 2.20. The molecule has 1 fully saturated rings. The standard InChI is InChI=1S/C19H23N3O4S/c1-14-7-8-16(21-19(23)12-17-13-26-10-9-20-17)11-18(14)27(24,25)22-15-5-3-2-4-6-15/h2-8,11,17,20,22H,9-10,12-13H2,1H3,(H,21,23). The maximum Gasteiger partial charge on any atom is 0.262 e. The summed E-state index contributed by atoms with van der Waals surface area (Å²) in [5, 5.41) is 5.98. The number of para-hydroxylation sites is 1. The number of hydrogen-bond acceptors (Lipinski definition) is 5. The van der Waals surface area contributed by atoms with Gasteiger partial charge in [0.15, 0.2) is 0 Å². The van der Waals surface area contributed by atoms with E-state index >= 15 is 0 Å². The molecule has 0 radical (unpaired) electrons. The zero-order valence-electron chi connectivity index (χ0n) is 15.1. The van der Waals surface area contributed by atoms with Crippen molar-refractivity contribution >= 4 is 27.3 Å². The van der Waals surface area contributed by atoms with Crippen molar-refractivity contribution < 1.29 is 17.9 Å². The van der Waals surface area contributed by atoms with Crippen LogP contribution in [0.3, 0.4) is 0 Å². The van der Waals surface area contributed by atoms with E-state index in [0.717, 1.165) is 6.54 Å². The third-order valence-corrected chi connectivity index (χ3v) is 5.74. The monoisotopic (exact) mass is 389 g/mol. The van der Waals surface area contributed by atoms with Crippen LogP contribution in [-0.4, -0.2) is 40.1 Å². The quantitative estimate of drug-likeness (QED) is 0.703. The van der Waals surface area contributed by atoms with Gasteiger partial charge in [0.25, 0.3) is 10.0 Å². The van der Waals surface area contributed by atoms with Crippen LogP contribution in [0, 0.1) is 6.92 Å². The third kappa shape index (κ3) is 5.29. The Hall–Kier alpha value is -2.42. The normalized spacial score (nSPS) is 17.3. The molecule has 0 saturated carbocycles. The molecule has 1 aliphatic rings. The molecule has 1 heterocycles. The molecule has 7 nitrogen and oxygen atoms in total. The van der Waals surface area contributed by atoms with Gasteiger partial charge < -0.3 is 15.4 Å². The predicted octanol–water partition coefficient (Wildman–Crippen LogP) is 2.11. The van der Waals surface area contributed by atoms with Crippen LogP contribution in [0.15, 0.2) is 53.4 Å². The Morgan fingerprint density at radius 1 is 1.19 bits per heavy atom. The van der Waals surface area contributed by atoms with E-state index in [2.05, 4.69) is 15.4 Å². The molecule has 1 amide bonds. The van der Waals surface area contributed by atoms with Crippen LogP contribution in [0.5, 0.6) is 0 Å². The highest BCUT2D eigenvalue weighted by Crippen LogP contribution is 2.23. The molecule has 0 aromatic heterocycles. The summed E-state index contributed by atoms with van der Waals surface area (Å²) in [7, 11) is -3.76. The van der Waals surface area contributed by atoms with E-state index < -0.39 is 10.0 Å². The van der Waals surface area contributed by atoms with E-state index in [1.807, 2.05) is 6.07 Å². The first kappa shape index (κ1) is 19.3. The average Bonchev–Trinajstić information content (AvgIpc) is 2.64. The van der Waals surface area contributed by atoms with Gasteiger partial charge >= 0.3 is 0 Å². The van der Waals surface area contributed by atoms with Crippen LogP contribution in [0.1, 0.15) is 12.0 Å². The number of ether oxygens (including phenoxy) is 1. The molecule has 2 aromatic rings. The highest BCUT2D eigenvalue weighted by molar-refractivity contribution is 7.92. The van der Waals surface area contributed by atoms with Gasteiger partial charge in [0.2, 0.25) is 5.91 Å². The molecule has 144 valence electrons. The first-order valence-electron chi connectivity index (χ1n) is 8.73. The SMILES string of the molecule is Cc1ccc(NC(=O)CC2COCCN2)cc1S(=O)(=O)Nc1ccccc1. The number of hydrogen-bond donors (Lipinski definition) is 3. The number of amides is 1. The smallest absolute Gasteiger partial charge is 0.262 e. The maximum absolute atomic E-state index is 12.7. The van der Waals surface area contributed by atoms with Crippen LogP contribution in [-0.2, 0) is 19.6 Å². The van der Waals surface area contributed by atoms with Crippen molar-refractivity contribution in [3.8, 4) is 0 Å². The van der Waals surface area contributed by atoms with Crippen LogP contribution in [0.25, 0.3) is 0 Å². The van der Waals surface area contributed by atoms with Gasteiger partial charge in [-0.15, -0.1) is 0 Å². The summed E-state index contributed by atoms with van der Waals surface area (Å²) in [6.45, 7) is 3.57. The number of carbonyl (C=O) groups is 1. The van der Waals surface area contributed by atoms with Gasteiger partial charge in [0.1, 0.15) is 0 Å². The second-order valence-corrected chi connectivity index (χ2v) is 8.08. The van der Waals surface area contributed by atoms with Crippen molar-refractivity contribution in [1.82, 2.24) is 5.32 Å². The van der Waals surface area contributed by atoms with Crippen LogP contribution < -0.4 is 15.4 Å². The van der Waals surface area contributed by atoms with Crippen molar-refractivity contribution in [1.29, 1.82) is 0 Å². The van der Waals surface area contributed by atoms with Gasteiger partial charge in [-0.3, -0.25) is 9.52 Å². The van der Waals surface area contributed by atoms with Gasteiger partial charge in [-0.05, 0) is 36.8 Å². The number of aryl methyl sites for hydroxylation is 1. The summed E-state index contributed by atoms with van der Waals surface area (Å²) in [5.74, 6) is -0.193. The molecule has 0 spiro atoms. The molecule has 8 heteroatoms. The van der Waals surface area contributed by atoms with Crippen molar-refractivity contribution in [2.75, 3.05) is 29.8 Å². The fraction of sp³-hybridized carbons (Fsp3) is 0.316. The molecule has 27 heavy (non-hydrogen) atoms. The largest absolute Gasteiger partial charge is 0.378 e. The summed E-state index contributed by atoms with van der Waals surface area (Å²) in [5.41, 5.74) is 1.52. The number of anilines is 2. The average molecular weight is 389 g/mol. The minimum atomic E-state index is -3.76. The Labute approximate surface area is 159 Å². The first-order chi connectivity index (χ1) is 12.9. The van der Waals surface area contributed by atoms with Crippen molar-refractivity contribution in [2.45, 2.75) is 24.3 Å². The fourth-order valence-electron chi connectivity index (χ4n) is 2.87. The molecule has 0 bridgehead atoms. The summed E-state index contributed by atoms with van der Waals surface area (Å²) in [4.78, 5) is 12.4. The number of sulfonamides is 1. The molecule has 1 aliphatic heterocycles. The van der Waals surface area contributed by atoms with E-state index in [-0.39, 0.29) is 23.3 Å². The zero-order chi connectivity index (χ0) is 19.3. The summed E-state index contributed by atoms with van der Waals surface area (Å²) < 4.78 is 33.3. The first-order valence-corrected chi connectivity index (χ1v) is 10.2. The Bertz CT molecular complexity index is 894. The maximum atomic E-state index is 12.7. The van der Waals surface area contributed by atoms with Gasteiger partial charge in [-0.1, -0.05) is 24.3 Å². The number of carbonyl (C=O) groups excluding carboxylic acids is 1. The second kappa shape index (κ2) is 8.51. The Morgan fingerprint density at radius 2 is 1.96 bits per heavy atom. The lowest BCUT2D eigenvalue weighted by Gasteiger charge is -2.23. The highest BCUT2D eigenvalue weighted by atomic mass is 32.2. The molecule has 3 rings (SSSR count). The molecular formula is C19H23N3O4S. The molecule has 1 saturated heterocycles. The van der Waals surface area contributed by atoms with Crippen LogP contribution in [0.2, 0.25) is 0 Å². The molecule has 0 aliphatic carbocycles. The molecule has 2 aromatic carbocycles. The van der Waals surface area contributed by atoms with E-state index in [1.165, 1.54) is 6.07 Å². The van der Waals surface area contributed by atoms with Crippen LogP contribution in [0.4, 0.5) is 11.4 Å². The fourth-order valence-corrected chi connectivity index (χ4v) is 4.20. The molecular weight excluding hydrogens is 366 g/mol. The minimum Gasteiger partial charge on any atom is -0.378 e. The summed E-state index contributed by atoms with van der Waals surface area (Å²) >= 11 is 0. The molecule has 3 N–H and O–H groups in total.